The van der Waals surface area contributed by atoms with Crippen molar-refractivity contribution in [1.82, 2.24) is 9.88 Å². The molecule has 4 saturated carbocycles. The van der Waals surface area contributed by atoms with Crippen molar-refractivity contribution in [3.8, 4) is 0 Å². The SMILES string of the molecule is O=C(OC1C2CC3C[C@H]1CC(O)(C3)C2)N1CC[C@@H](Nc2ccc3cc(Cl)ccc3n2)C1. The zero-order chi connectivity index (χ0) is 21.2. The first kappa shape index (κ1) is 19.6. The number of rotatable bonds is 3. The summed E-state index contributed by atoms with van der Waals surface area (Å²) in [6, 6.07) is 9.80. The van der Waals surface area contributed by atoms with Crippen LogP contribution in [0.4, 0.5) is 10.6 Å². The molecule has 7 heteroatoms. The summed E-state index contributed by atoms with van der Waals surface area (Å²) in [6.07, 6.45) is 5.37. The highest BCUT2D eigenvalue weighted by atomic mass is 35.5. The van der Waals surface area contributed by atoms with Gasteiger partial charge in [-0.3, -0.25) is 0 Å². The number of ether oxygens (including phenoxy) is 1. The Kier molecular flexibility index (Phi) is 4.58. The number of benzene rings is 1. The highest BCUT2D eigenvalue weighted by Gasteiger charge is 2.56. The lowest BCUT2D eigenvalue weighted by Crippen LogP contribution is -2.58. The summed E-state index contributed by atoms with van der Waals surface area (Å²) in [7, 11) is 0. The summed E-state index contributed by atoms with van der Waals surface area (Å²) in [5.41, 5.74) is 0.396. The summed E-state index contributed by atoms with van der Waals surface area (Å²) in [4.78, 5) is 19.4. The van der Waals surface area contributed by atoms with E-state index in [-0.39, 0.29) is 18.2 Å². The molecule has 0 radical (unpaired) electrons. The van der Waals surface area contributed by atoms with Gasteiger partial charge < -0.3 is 20.1 Å². The van der Waals surface area contributed by atoms with Crippen molar-refractivity contribution in [2.45, 2.75) is 56.3 Å². The smallest absolute Gasteiger partial charge is 0.410 e. The number of aromatic nitrogens is 1. The lowest BCUT2D eigenvalue weighted by Gasteiger charge is -2.57. The Morgan fingerprint density at radius 3 is 2.77 bits per heavy atom. The molecule has 6 atom stereocenters. The number of pyridine rings is 1. The molecular formula is C24H28ClN3O3. The van der Waals surface area contributed by atoms with Gasteiger partial charge in [0.25, 0.3) is 0 Å². The Labute approximate surface area is 186 Å². The molecule has 4 bridgehead atoms. The summed E-state index contributed by atoms with van der Waals surface area (Å²) in [5.74, 6) is 2.08. The van der Waals surface area contributed by atoms with Gasteiger partial charge in [-0.05, 0) is 86.6 Å². The minimum Gasteiger partial charge on any atom is -0.446 e. The van der Waals surface area contributed by atoms with E-state index < -0.39 is 5.60 Å². The van der Waals surface area contributed by atoms with E-state index in [1.165, 1.54) is 0 Å². The van der Waals surface area contributed by atoms with Gasteiger partial charge in [-0.1, -0.05) is 11.6 Å². The summed E-state index contributed by atoms with van der Waals surface area (Å²) in [5, 5.41) is 15.9. The Morgan fingerprint density at radius 1 is 1.19 bits per heavy atom. The Balaban J connectivity index is 1.07. The normalized spacial score (nSPS) is 36.2. The minimum atomic E-state index is -0.500. The molecule has 164 valence electrons. The maximum Gasteiger partial charge on any atom is 0.410 e. The van der Waals surface area contributed by atoms with E-state index in [1.807, 2.05) is 35.2 Å². The third-order valence-corrected chi connectivity index (χ3v) is 8.08. The molecule has 2 aromatic rings. The standard InChI is InChI=1S/C24H28ClN3O3/c25-18-2-3-20-15(9-18)1-4-21(27-20)26-19-5-6-28(13-19)23(29)31-22-16-7-14-8-17(22)12-24(30,10-14)11-16/h1-4,9,14,16-17,19,22,30H,5-8,10-13H2,(H,26,27)/t14?,16-,17?,19+,22?,24?/m0/s1. The predicted octanol–water partition coefficient (Wildman–Crippen LogP) is 4.45. The van der Waals surface area contributed by atoms with Crippen molar-refractivity contribution >= 4 is 34.4 Å². The lowest BCUT2D eigenvalue weighted by molar-refractivity contribution is -0.177. The molecular weight excluding hydrogens is 414 g/mol. The number of carbonyl (C=O) groups is 1. The number of aliphatic hydroxyl groups is 1. The number of hydrogen-bond acceptors (Lipinski definition) is 5. The van der Waals surface area contributed by atoms with Gasteiger partial charge in [0.15, 0.2) is 0 Å². The number of nitrogens with one attached hydrogen (secondary N) is 1. The number of amides is 1. The second-order valence-electron chi connectivity index (χ2n) is 10.2. The van der Waals surface area contributed by atoms with E-state index in [9.17, 15) is 9.90 Å². The number of likely N-dealkylation sites (tertiary alicyclic amines) is 1. The molecule has 2 N–H and O–H groups in total. The van der Waals surface area contributed by atoms with Crippen LogP contribution in [0.15, 0.2) is 30.3 Å². The molecule has 1 aromatic heterocycles. The van der Waals surface area contributed by atoms with E-state index in [1.54, 1.807) is 0 Å². The fraction of sp³-hybridized carbons (Fsp3) is 0.583. The molecule has 1 aliphatic heterocycles. The van der Waals surface area contributed by atoms with Gasteiger partial charge in [0.2, 0.25) is 0 Å². The third-order valence-electron chi connectivity index (χ3n) is 7.84. The van der Waals surface area contributed by atoms with E-state index in [4.69, 9.17) is 16.3 Å². The first-order valence-corrected chi connectivity index (χ1v) is 11.8. The lowest BCUT2D eigenvalue weighted by atomic mass is 9.53. The summed E-state index contributed by atoms with van der Waals surface area (Å²) >= 11 is 6.05. The molecule has 0 spiro atoms. The first-order chi connectivity index (χ1) is 14.9. The largest absolute Gasteiger partial charge is 0.446 e. The molecule has 5 fully saturated rings. The molecule has 1 saturated heterocycles. The summed E-state index contributed by atoms with van der Waals surface area (Å²) in [6.45, 7) is 1.31. The van der Waals surface area contributed by atoms with E-state index in [2.05, 4.69) is 10.3 Å². The van der Waals surface area contributed by atoms with Crippen molar-refractivity contribution in [2.24, 2.45) is 17.8 Å². The predicted molar refractivity (Wildman–Crippen MR) is 119 cm³/mol. The molecule has 6 nitrogen and oxygen atoms in total. The Bertz CT molecular complexity index is 1010. The van der Waals surface area contributed by atoms with Crippen LogP contribution in [0.5, 0.6) is 0 Å². The third kappa shape index (κ3) is 3.64. The van der Waals surface area contributed by atoms with Gasteiger partial charge in [0.05, 0.1) is 11.1 Å². The fourth-order valence-corrected chi connectivity index (χ4v) is 6.93. The Hall–Kier alpha value is -2.05. The van der Waals surface area contributed by atoms with Crippen LogP contribution in [-0.2, 0) is 4.74 Å². The van der Waals surface area contributed by atoms with Crippen molar-refractivity contribution in [2.75, 3.05) is 18.4 Å². The van der Waals surface area contributed by atoms with Crippen molar-refractivity contribution < 1.29 is 14.6 Å². The van der Waals surface area contributed by atoms with Gasteiger partial charge in [-0.15, -0.1) is 0 Å². The molecule has 1 amide bonds. The van der Waals surface area contributed by atoms with Gasteiger partial charge in [-0.2, -0.15) is 0 Å². The molecule has 1 aromatic carbocycles. The van der Waals surface area contributed by atoms with Gasteiger partial charge >= 0.3 is 6.09 Å². The molecule has 31 heavy (non-hydrogen) atoms. The number of anilines is 1. The summed E-state index contributed by atoms with van der Waals surface area (Å²) < 4.78 is 6.04. The van der Waals surface area contributed by atoms with Crippen LogP contribution < -0.4 is 5.32 Å². The van der Waals surface area contributed by atoms with E-state index in [0.717, 1.165) is 55.2 Å². The molecule has 4 unspecified atom stereocenters. The van der Waals surface area contributed by atoms with Crippen LogP contribution in [0, 0.1) is 17.8 Å². The Morgan fingerprint density at radius 2 is 2.00 bits per heavy atom. The minimum absolute atomic E-state index is 0.0229. The van der Waals surface area contributed by atoms with Crippen LogP contribution in [0.25, 0.3) is 10.9 Å². The average Bonchev–Trinajstić information content (AvgIpc) is 3.18. The number of hydrogen-bond donors (Lipinski definition) is 2. The van der Waals surface area contributed by atoms with E-state index >= 15 is 0 Å². The highest BCUT2D eigenvalue weighted by Crippen LogP contribution is 2.56. The molecule has 4 aliphatic carbocycles. The second kappa shape index (κ2) is 7.24. The number of carbonyl (C=O) groups excluding carboxylic acids is 1. The first-order valence-electron chi connectivity index (χ1n) is 11.4. The maximum absolute atomic E-state index is 12.9. The van der Waals surface area contributed by atoms with Crippen LogP contribution in [-0.4, -0.2) is 51.9 Å². The van der Waals surface area contributed by atoms with E-state index in [0.29, 0.717) is 35.9 Å². The van der Waals surface area contributed by atoms with Gasteiger partial charge in [-0.25, -0.2) is 9.78 Å². The monoisotopic (exact) mass is 441 g/mol. The van der Waals surface area contributed by atoms with Crippen LogP contribution in [0.2, 0.25) is 5.02 Å². The van der Waals surface area contributed by atoms with Gasteiger partial charge in [0.1, 0.15) is 11.9 Å². The number of halogens is 1. The zero-order valence-electron chi connectivity index (χ0n) is 17.5. The van der Waals surface area contributed by atoms with Crippen molar-refractivity contribution in [1.29, 1.82) is 0 Å². The quantitative estimate of drug-likeness (QED) is 0.736. The van der Waals surface area contributed by atoms with Crippen molar-refractivity contribution in [3.63, 3.8) is 0 Å². The van der Waals surface area contributed by atoms with Crippen LogP contribution in [0.3, 0.4) is 0 Å². The second-order valence-corrected chi connectivity index (χ2v) is 10.6. The maximum atomic E-state index is 12.9. The molecule has 7 rings (SSSR count). The number of fused-ring (bicyclic) bond motifs is 1. The highest BCUT2D eigenvalue weighted by molar-refractivity contribution is 6.31. The average molecular weight is 442 g/mol. The van der Waals surface area contributed by atoms with Crippen LogP contribution in [0.1, 0.15) is 38.5 Å². The van der Waals surface area contributed by atoms with Crippen LogP contribution >= 0.6 is 11.6 Å². The number of nitrogens with zero attached hydrogens (tertiary/aromatic N) is 2. The fourth-order valence-electron chi connectivity index (χ4n) is 6.75. The molecule has 2 heterocycles. The van der Waals surface area contributed by atoms with Crippen molar-refractivity contribution in [3.05, 3.63) is 35.4 Å². The molecule has 5 aliphatic rings. The van der Waals surface area contributed by atoms with Gasteiger partial charge in [0, 0.05) is 29.5 Å². The zero-order valence-corrected chi connectivity index (χ0v) is 18.2. The topological polar surface area (TPSA) is 74.7 Å².